The lowest BCUT2D eigenvalue weighted by molar-refractivity contribution is 0.0739. The van der Waals surface area contributed by atoms with Crippen LogP contribution in [0.5, 0.6) is 0 Å². The summed E-state index contributed by atoms with van der Waals surface area (Å²) in [5, 5.41) is 4.75. The number of piperazine rings is 1. The highest BCUT2D eigenvalue weighted by Crippen LogP contribution is 2.28. The molecule has 2 aromatic carbocycles. The number of nitrogens with zero attached hydrogens (tertiary/aromatic N) is 4. The SMILES string of the molecule is Cc1cccc(N2CCN(C(=O)c3nn(-c4ccc(F)cc4)c4c3CCCC4)CC2)c1. The van der Waals surface area contributed by atoms with Gasteiger partial charge in [-0.1, -0.05) is 12.1 Å². The standard InChI is InChI=1S/C25H27FN4O/c1-18-5-4-6-21(17-18)28-13-15-29(16-14-28)25(31)24-22-7-2-3-8-23(22)30(27-24)20-11-9-19(26)10-12-20/h4-6,9-12,17H,2-3,7-8,13-16H2,1H3. The van der Waals surface area contributed by atoms with Crippen molar-refractivity contribution >= 4 is 11.6 Å². The zero-order valence-electron chi connectivity index (χ0n) is 17.9. The lowest BCUT2D eigenvalue weighted by Crippen LogP contribution is -2.49. The summed E-state index contributed by atoms with van der Waals surface area (Å²) in [6.07, 6.45) is 3.93. The molecule has 0 bridgehead atoms. The molecule has 0 radical (unpaired) electrons. The Morgan fingerprint density at radius 3 is 2.42 bits per heavy atom. The van der Waals surface area contributed by atoms with Crippen LogP contribution in [0.1, 0.15) is 40.2 Å². The summed E-state index contributed by atoms with van der Waals surface area (Å²) < 4.78 is 15.3. The molecule has 2 heterocycles. The van der Waals surface area contributed by atoms with Crippen molar-refractivity contribution in [2.45, 2.75) is 32.6 Å². The molecule has 0 spiro atoms. The largest absolute Gasteiger partial charge is 0.368 e. The third-order valence-electron chi connectivity index (χ3n) is 6.39. The van der Waals surface area contributed by atoms with Gasteiger partial charge in [0.05, 0.1) is 5.69 Å². The Labute approximate surface area is 182 Å². The molecule has 1 fully saturated rings. The van der Waals surface area contributed by atoms with Crippen molar-refractivity contribution in [1.29, 1.82) is 0 Å². The maximum absolute atomic E-state index is 13.4. The quantitative estimate of drug-likeness (QED) is 0.641. The Balaban J connectivity index is 1.38. The van der Waals surface area contributed by atoms with E-state index in [2.05, 4.69) is 36.1 Å². The number of anilines is 1. The van der Waals surface area contributed by atoms with Crippen LogP contribution in [-0.2, 0) is 12.8 Å². The molecule has 1 aliphatic carbocycles. The number of aromatic nitrogens is 2. The minimum atomic E-state index is -0.271. The number of benzene rings is 2. The van der Waals surface area contributed by atoms with Gasteiger partial charge in [0, 0.05) is 43.1 Å². The van der Waals surface area contributed by atoms with Crippen molar-refractivity contribution in [2.24, 2.45) is 0 Å². The smallest absolute Gasteiger partial charge is 0.274 e. The van der Waals surface area contributed by atoms with Crippen LogP contribution in [0.3, 0.4) is 0 Å². The molecule has 1 aliphatic heterocycles. The Morgan fingerprint density at radius 2 is 1.68 bits per heavy atom. The summed E-state index contributed by atoms with van der Waals surface area (Å²) in [5.74, 6) is -0.254. The molecular formula is C25H27FN4O. The van der Waals surface area contributed by atoms with Gasteiger partial charge in [0.1, 0.15) is 5.82 Å². The van der Waals surface area contributed by atoms with Gasteiger partial charge in [-0.15, -0.1) is 0 Å². The third-order valence-corrected chi connectivity index (χ3v) is 6.39. The number of aryl methyl sites for hydroxylation is 1. The van der Waals surface area contributed by atoms with E-state index in [-0.39, 0.29) is 11.7 Å². The number of carbonyl (C=O) groups is 1. The van der Waals surface area contributed by atoms with Gasteiger partial charge >= 0.3 is 0 Å². The fourth-order valence-corrected chi connectivity index (χ4v) is 4.71. The molecule has 160 valence electrons. The van der Waals surface area contributed by atoms with Gasteiger partial charge < -0.3 is 9.80 Å². The predicted molar refractivity (Wildman–Crippen MR) is 119 cm³/mol. The van der Waals surface area contributed by atoms with E-state index in [1.165, 1.54) is 23.4 Å². The molecule has 1 saturated heterocycles. The fourth-order valence-electron chi connectivity index (χ4n) is 4.71. The number of amides is 1. The summed E-state index contributed by atoms with van der Waals surface area (Å²) in [4.78, 5) is 17.7. The summed E-state index contributed by atoms with van der Waals surface area (Å²) >= 11 is 0. The maximum atomic E-state index is 13.4. The highest BCUT2D eigenvalue weighted by molar-refractivity contribution is 5.94. The second kappa shape index (κ2) is 8.17. The van der Waals surface area contributed by atoms with Crippen LogP contribution in [0.2, 0.25) is 0 Å². The van der Waals surface area contributed by atoms with Crippen LogP contribution in [0.25, 0.3) is 5.69 Å². The first kappa shape index (κ1) is 19.8. The van der Waals surface area contributed by atoms with E-state index in [4.69, 9.17) is 5.10 Å². The van der Waals surface area contributed by atoms with Gasteiger partial charge in [-0.05, 0) is 74.6 Å². The van der Waals surface area contributed by atoms with Gasteiger partial charge in [0.25, 0.3) is 5.91 Å². The molecule has 0 saturated carbocycles. The van der Waals surface area contributed by atoms with Crippen molar-refractivity contribution in [3.8, 4) is 5.69 Å². The molecular weight excluding hydrogens is 391 g/mol. The Hall–Kier alpha value is -3.15. The normalized spacial score (nSPS) is 16.3. The molecule has 0 unspecified atom stereocenters. The van der Waals surface area contributed by atoms with E-state index >= 15 is 0 Å². The lowest BCUT2D eigenvalue weighted by atomic mass is 9.95. The minimum Gasteiger partial charge on any atom is -0.368 e. The van der Waals surface area contributed by atoms with E-state index in [1.807, 2.05) is 9.58 Å². The lowest BCUT2D eigenvalue weighted by Gasteiger charge is -2.36. The highest BCUT2D eigenvalue weighted by atomic mass is 19.1. The first-order chi connectivity index (χ1) is 15.1. The van der Waals surface area contributed by atoms with E-state index in [9.17, 15) is 9.18 Å². The average Bonchev–Trinajstić information content (AvgIpc) is 3.19. The zero-order chi connectivity index (χ0) is 21.4. The number of halogens is 1. The van der Waals surface area contributed by atoms with Crippen LogP contribution in [0, 0.1) is 12.7 Å². The molecule has 1 amide bonds. The number of carbonyl (C=O) groups excluding carboxylic acids is 1. The average molecular weight is 419 g/mol. The zero-order valence-corrected chi connectivity index (χ0v) is 17.9. The van der Waals surface area contributed by atoms with Crippen molar-refractivity contribution in [3.05, 3.63) is 76.9 Å². The molecule has 2 aliphatic rings. The highest BCUT2D eigenvalue weighted by Gasteiger charge is 2.30. The van der Waals surface area contributed by atoms with E-state index in [0.29, 0.717) is 18.8 Å². The monoisotopic (exact) mass is 418 g/mol. The molecule has 6 heteroatoms. The number of hydrogen-bond donors (Lipinski definition) is 0. The van der Waals surface area contributed by atoms with Crippen LogP contribution in [-0.4, -0.2) is 46.8 Å². The molecule has 1 aromatic heterocycles. The van der Waals surface area contributed by atoms with Crippen molar-refractivity contribution in [1.82, 2.24) is 14.7 Å². The van der Waals surface area contributed by atoms with Gasteiger partial charge in [-0.25, -0.2) is 9.07 Å². The number of rotatable bonds is 3. The van der Waals surface area contributed by atoms with E-state index in [0.717, 1.165) is 55.7 Å². The first-order valence-electron chi connectivity index (χ1n) is 11.1. The van der Waals surface area contributed by atoms with Gasteiger partial charge in [0.2, 0.25) is 0 Å². The molecule has 0 atom stereocenters. The second-order valence-corrected chi connectivity index (χ2v) is 8.49. The van der Waals surface area contributed by atoms with Crippen molar-refractivity contribution in [2.75, 3.05) is 31.1 Å². The molecule has 3 aromatic rings. The topological polar surface area (TPSA) is 41.4 Å². The summed E-state index contributed by atoms with van der Waals surface area (Å²) in [6, 6.07) is 14.8. The Bertz CT molecular complexity index is 1100. The van der Waals surface area contributed by atoms with E-state index < -0.39 is 0 Å². The van der Waals surface area contributed by atoms with Crippen molar-refractivity contribution in [3.63, 3.8) is 0 Å². The minimum absolute atomic E-state index is 0.0166. The number of hydrogen-bond acceptors (Lipinski definition) is 3. The van der Waals surface area contributed by atoms with Crippen LogP contribution in [0.4, 0.5) is 10.1 Å². The van der Waals surface area contributed by atoms with E-state index in [1.54, 1.807) is 12.1 Å². The van der Waals surface area contributed by atoms with Crippen LogP contribution in [0.15, 0.2) is 48.5 Å². The second-order valence-electron chi connectivity index (χ2n) is 8.49. The Kier molecular flexibility index (Phi) is 5.22. The van der Waals surface area contributed by atoms with Crippen molar-refractivity contribution < 1.29 is 9.18 Å². The number of fused-ring (bicyclic) bond motifs is 1. The fraction of sp³-hybridized carbons (Fsp3) is 0.360. The molecule has 31 heavy (non-hydrogen) atoms. The third kappa shape index (κ3) is 3.82. The summed E-state index contributed by atoms with van der Waals surface area (Å²) in [6.45, 7) is 5.10. The van der Waals surface area contributed by atoms with Gasteiger partial charge in [-0.3, -0.25) is 4.79 Å². The Morgan fingerprint density at radius 1 is 0.935 bits per heavy atom. The molecule has 0 N–H and O–H groups in total. The molecule has 5 rings (SSSR count). The molecule has 5 nitrogen and oxygen atoms in total. The predicted octanol–water partition coefficient (Wildman–Crippen LogP) is 4.16. The van der Waals surface area contributed by atoms with Crippen LogP contribution >= 0.6 is 0 Å². The van der Waals surface area contributed by atoms with Crippen LogP contribution < -0.4 is 4.90 Å². The first-order valence-corrected chi connectivity index (χ1v) is 11.1. The summed E-state index contributed by atoms with van der Waals surface area (Å²) in [7, 11) is 0. The summed E-state index contributed by atoms with van der Waals surface area (Å²) in [5.41, 5.74) is 6.01. The maximum Gasteiger partial charge on any atom is 0.274 e. The van der Waals surface area contributed by atoms with Gasteiger partial charge in [-0.2, -0.15) is 5.10 Å². The van der Waals surface area contributed by atoms with Gasteiger partial charge in [0.15, 0.2) is 5.69 Å².